The molecular weight excluding hydrogens is 174 g/mol. The van der Waals surface area contributed by atoms with E-state index < -0.39 is 24.7 Å². The molecule has 0 aromatic heterocycles. The Morgan fingerprint density at radius 2 is 1.55 bits per heavy atom. The van der Waals surface area contributed by atoms with Gasteiger partial charge in [0.2, 0.25) is 0 Å². The molecule has 0 aliphatic heterocycles. The first-order chi connectivity index (χ1) is 4.75. The molecule has 0 aliphatic rings. The van der Waals surface area contributed by atoms with E-state index in [1.54, 1.807) is 0 Å². The van der Waals surface area contributed by atoms with Crippen LogP contribution in [-0.2, 0) is 0 Å². The quantitative estimate of drug-likeness (QED) is 0.583. The summed E-state index contributed by atoms with van der Waals surface area (Å²) in [7, 11) is 0. The van der Waals surface area contributed by atoms with Crippen molar-refractivity contribution in [2.75, 3.05) is 6.67 Å². The van der Waals surface area contributed by atoms with Gasteiger partial charge in [0.05, 0.1) is 0 Å². The fourth-order valence-corrected chi connectivity index (χ4v) is 0.318. The molecule has 0 aromatic carbocycles. The zero-order valence-electron chi connectivity index (χ0n) is 5.26. The Balaban J connectivity index is 4.53. The van der Waals surface area contributed by atoms with E-state index in [0.29, 0.717) is 0 Å². The molecule has 0 N–H and O–H groups in total. The zero-order valence-corrected chi connectivity index (χ0v) is 5.26. The third-order valence-corrected chi connectivity index (χ3v) is 1.05. The molecule has 1 atom stereocenters. The summed E-state index contributed by atoms with van der Waals surface area (Å²) in [6, 6.07) is 0. The fraction of sp³-hybridized carbons (Fsp3) is 0.800. The monoisotopic (exact) mass is 179 g/mol. The van der Waals surface area contributed by atoms with Crippen LogP contribution in [0.25, 0.3) is 0 Å². The molecule has 0 bridgehead atoms. The molecule has 67 valence electrons. The number of hydrogen-bond acceptors (Lipinski definition) is 0. The van der Waals surface area contributed by atoms with Gasteiger partial charge < -0.3 is 0 Å². The van der Waals surface area contributed by atoms with Crippen molar-refractivity contribution in [1.29, 1.82) is 0 Å². The first-order valence-corrected chi connectivity index (χ1v) is 2.54. The molecule has 0 spiro atoms. The van der Waals surface area contributed by atoms with Gasteiger partial charge in [0, 0.05) is 0 Å². The van der Waals surface area contributed by atoms with Crippen LogP contribution in [0.2, 0.25) is 0 Å². The van der Waals surface area contributed by atoms with Crippen LogP contribution < -0.4 is 0 Å². The summed E-state index contributed by atoms with van der Waals surface area (Å²) in [5.41, 5.74) is 0. The first-order valence-electron chi connectivity index (χ1n) is 2.54. The van der Waals surface area contributed by atoms with Crippen LogP contribution in [0.15, 0.2) is 0 Å². The van der Waals surface area contributed by atoms with E-state index in [2.05, 4.69) is 6.92 Å². The molecule has 11 heavy (non-hydrogen) atoms. The van der Waals surface area contributed by atoms with Crippen molar-refractivity contribution in [2.45, 2.75) is 18.0 Å². The van der Waals surface area contributed by atoms with Crippen molar-refractivity contribution in [2.24, 2.45) is 0 Å². The molecule has 0 aliphatic carbocycles. The lowest BCUT2D eigenvalue weighted by Crippen LogP contribution is -2.48. The highest BCUT2D eigenvalue weighted by Crippen LogP contribution is 2.38. The maximum Gasteiger partial charge on any atom is 0.343 e. The molecule has 0 aromatic rings. The second-order valence-electron chi connectivity index (χ2n) is 1.93. The minimum atomic E-state index is -5.04. The highest BCUT2D eigenvalue weighted by molar-refractivity contribution is 4.91. The van der Waals surface area contributed by atoms with E-state index in [0.717, 1.165) is 0 Å². The van der Waals surface area contributed by atoms with Gasteiger partial charge in [-0.15, -0.1) is 0 Å². The summed E-state index contributed by atoms with van der Waals surface area (Å²) in [5.74, 6) is -10.0. The van der Waals surface area contributed by atoms with Crippen LogP contribution in [0.3, 0.4) is 0 Å². The largest absolute Gasteiger partial charge is 0.343 e. The smallest absolute Gasteiger partial charge is 0.244 e. The Hall–Kier alpha value is -0.420. The SMILES string of the molecule is [CH2]C(F)C(F)(F)C(F)(F)CF. The third kappa shape index (κ3) is 1.78. The minimum absolute atomic E-state index is 2.06. The molecule has 0 nitrogen and oxygen atoms in total. The minimum Gasteiger partial charge on any atom is -0.244 e. The predicted molar refractivity (Wildman–Crippen MR) is 26.1 cm³/mol. The van der Waals surface area contributed by atoms with Crippen molar-refractivity contribution in [3.05, 3.63) is 6.92 Å². The molecule has 0 saturated carbocycles. The Labute approximate surface area is 59.2 Å². The molecule has 0 saturated heterocycles. The van der Waals surface area contributed by atoms with Gasteiger partial charge >= 0.3 is 11.8 Å². The molecule has 0 heterocycles. The standard InChI is InChI=1S/C5H5F6/c1-3(7)5(10,11)4(8,9)2-6/h3H,1-2H2. The third-order valence-electron chi connectivity index (χ3n) is 1.05. The second kappa shape index (κ2) is 2.91. The Kier molecular flexibility index (Phi) is 2.79. The van der Waals surface area contributed by atoms with Crippen molar-refractivity contribution >= 4 is 0 Å². The summed E-state index contributed by atoms with van der Waals surface area (Å²) >= 11 is 0. The van der Waals surface area contributed by atoms with Gasteiger partial charge in [0.25, 0.3) is 0 Å². The van der Waals surface area contributed by atoms with Crippen LogP contribution in [-0.4, -0.2) is 24.7 Å². The van der Waals surface area contributed by atoms with Crippen LogP contribution in [0.1, 0.15) is 0 Å². The Morgan fingerprint density at radius 1 is 1.18 bits per heavy atom. The van der Waals surface area contributed by atoms with E-state index >= 15 is 0 Å². The van der Waals surface area contributed by atoms with Crippen molar-refractivity contribution < 1.29 is 26.3 Å². The van der Waals surface area contributed by atoms with Crippen molar-refractivity contribution in [3.63, 3.8) is 0 Å². The molecule has 0 fully saturated rings. The predicted octanol–water partition coefficient (Wildman–Crippen LogP) is 2.40. The van der Waals surface area contributed by atoms with Gasteiger partial charge in [-0.2, -0.15) is 17.6 Å². The molecule has 6 heteroatoms. The van der Waals surface area contributed by atoms with E-state index in [1.165, 1.54) is 0 Å². The summed E-state index contributed by atoms with van der Waals surface area (Å²) < 4.78 is 70.2. The van der Waals surface area contributed by atoms with Crippen molar-refractivity contribution in [3.8, 4) is 0 Å². The van der Waals surface area contributed by atoms with Crippen LogP contribution >= 0.6 is 0 Å². The fourth-order valence-electron chi connectivity index (χ4n) is 0.318. The maximum atomic E-state index is 11.9. The normalized spacial score (nSPS) is 16.6. The molecule has 0 amide bonds. The number of halogens is 6. The molecule has 1 radical (unpaired) electrons. The summed E-state index contributed by atoms with van der Waals surface area (Å²) in [6.07, 6.45) is -3.31. The highest BCUT2D eigenvalue weighted by Gasteiger charge is 2.60. The van der Waals surface area contributed by atoms with Crippen LogP contribution in [0.5, 0.6) is 0 Å². The molecular formula is C5H5F6. The summed E-state index contributed by atoms with van der Waals surface area (Å²) in [4.78, 5) is 0. The van der Waals surface area contributed by atoms with Gasteiger partial charge in [-0.3, -0.25) is 0 Å². The summed E-state index contributed by atoms with van der Waals surface area (Å²) in [6.45, 7) is -0.540. The van der Waals surface area contributed by atoms with Gasteiger partial charge in [-0.05, 0) is 6.92 Å². The van der Waals surface area contributed by atoms with Gasteiger partial charge in [-0.1, -0.05) is 0 Å². The van der Waals surface area contributed by atoms with Gasteiger partial charge in [-0.25, -0.2) is 8.78 Å². The topological polar surface area (TPSA) is 0 Å². The highest BCUT2D eigenvalue weighted by atomic mass is 19.3. The Bertz CT molecular complexity index is 129. The second-order valence-corrected chi connectivity index (χ2v) is 1.93. The molecule has 0 rings (SSSR count). The van der Waals surface area contributed by atoms with E-state index in [-0.39, 0.29) is 0 Å². The van der Waals surface area contributed by atoms with Crippen LogP contribution in [0.4, 0.5) is 26.3 Å². The maximum absolute atomic E-state index is 11.9. The zero-order chi connectivity index (χ0) is 9.28. The average molecular weight is 179 g/mol. The van der Waals surface area contributed by atoms with E-state index in [1.807, 2.05) is 0 Å². The number of alkyl halides is 6. The summed E-state index contributed by atoms with van der Waals surface area (Å²) in [5, 5.41) is 0. The lowest BCUT2D eigenvalue weighted by atomic mass is 10.1. The van der Waals surface area contributed by atoms with Crippen LogP contribution in [0, 0.1) is 6.92 Å². The first kappa shape index (κ1) is 10.6. The van der Waals surface area contributed by atoms with Crippen molar-refractivity contribution in [1.82, 2.24) is 0 Å². The van der Waals surface area contributed by atoms with Gasteiger partial charge in [0.15, 0.2) is 12.8 Å². The van der Waals surface area contributed by atoms with E-state index in [4.69, 9.17) is 0 Å². The molecule has 1 unspecified atom stereocenters. The van der Waals surface area contributed by atoms with Gasteiger partial charge in [0.1, 0.15) is 0 Å². The van der Waals surface area contributed by atoms with E-state index in [9.17, 15) is 26.3 Å². The average Bonchev–Trinajstić information content (AvgIpc) is 1.87. The Morgan fingerprint density at radius 3 is 1.64 bits per heavy atom. The lowest BCUT2D eigenvalue weighted by molar-refractivity contribution is -0.236. The number of hydrogen-bond donors (Lipinski definition) is 0. The number of rotatable bonds is 3. The lowest BCUT2D eigenvalue weighted by Gasteiger charge is -2.24.